The molecular formula is C33H64N8O+2. The fraction of sp³-hybridized carbons (Fsp3) is 0.788. The lowest BCUT2D eigenvalue weighted by atomic mass is 10.1. The third-order valence-electron chi connectivity index (χ3n) is 7.09. The minimum atomic E-state index is 0.0838. The first-order valence-electron chi connectivity index (χ1n) is 16.6. The molecule has 42 heavy (non-hydrogen) atoms. The monoisotopic (exact) mass is 589 g/mol. The van der Waals surface area contributed by atoms with Gasteiger partial charge in [0, 0.05) is 45.4 Å². The van der Waals surface area contributed by atoms with E-state index >= 15 is 0 Å². The molecule has 11 N–H and O–H groups in total. The highest BCUT2D eigenvalue weighted by molar-refractivity contribution is 5.76. The smallest absolute Gasteiger partial charge is 0.370 e. The van der Waals surface area contributed by atoms with E-state index in [4.69, 9.17) is 17.2 Å². The van der Waals surface area contributed by atoms with E-state index in [2.05, 4.69) is 56.5 Å². The van der Waals surface area contributed by atoms with Crippen molar-refractivity contribution in [2.75, 3.05) is 39.3 Å². The third kappa shape index (κ3) is 31.8. The zero-order valence-electron chi connectivity index (χ0n) is 26.9. The molecule has 0 aliphatic carbocycles. The van der Waals surface area contributed by atoms with Gasteiger partial charge in [0.1, 0.15) is 6.54 Å². The fourth-order valence-electron chi connectivity index (χ4n) is 4.59. The molecule has 240 valence electrons. The molecule has 0 aromatic rings. The minimum Gasteiger partial charge on any atom is -0.370 e. The fourth-order valence-corrected chi connectivity index (χ4v) is 4.59. The zero-order valence-corrected chi connectivity index (χ0v) is 26.9. The normalized spacial score (nSPS) is 11.0. The van der Waals surface area contributed by atoms with Crippen LogP contribution in [0.1, 0.15) is 129 Å². The minimum absolute atomic E-state index is 0.0838. The Morgan fingerprint density at radius 3 is 1.81 bits per heavy atom. The van der Waals surface area contributed by atoms with Crippen molar-refractivity contribution in [2.24, 2.45) is 22.2 Å². The van der Waals surface area contributed by atoms with Crippen LogP contribution in [-0.2, 0) is 4.79 Å². The molecule has 0 atom stereocenters. The van der Waals surface area contributed by atoms with Crippen LogP contribution in [0.25, 0.3) is 0 Å². The molecule has 0 rings (SSSR count). The summed E-state index contributed by atoms with van der Waals surface area (Å²) < 4.78 is 0. The maximum Gasteiger partial charge on any atom is 0.434 e. The number of carbonyl (C=O) groups excluding carboxylic acids is 1. The number of hydrogen-bond donors (Lipinski definition) is 6. The molecule has 0 aliphatic heterocycles. The van der Waals surface area contributed by atoms with Gasteiger partial charge in [-0.3, -0.25) is 20.4 Å². The molecule has 9 heteroatoms. The number of hydrogen-bond acceptors (Lipinski definition) is 3. The second-order valence-corrected chi connectivity index (χ2v) is 11.1. The van der Waals surface area contributed by atoms with Crippen molar-refractivity contribution >= 4 is 17.8 Å². The van der Waals surface area contributed by atoms with Gasteiger partial charge in [-0.05, 0) is 31.1 Å². The first-order valence-corrected chi connectivity index (χ1v) is 16.6. The number of rotatable bonds is 27. The molecule has 0 radical (unpaired) electrons. The van der Waals surface area contributed by atoms with Crippen molar-refractivity contribution in [3.05, 3.63) is 0 Å². The predicted octanol–water partition coefficient (Wildman–Crippen LogP) is 1.75. The molecule has 1 amide bonds. The highest BCUT2D eigenvalue weighted by atomic mass is 16.1. The van der Waals surface area contributed by atoms with E-state index in [-0.39, 0.29) is 11.9 Å². The molecular weight excluding hydrogens is 524 g/mol. The van der Waals surface area contributed by atoms with Gasteiger partial charge < -0.3 is 16.8 Å². The number of nitrogens with one attached hydrogen (secondary N) is 2. The topological polar surface area (TPSA) is 164 Å². The van der Waals surface area contributed by atoms with Crippen molar-refractivity contribution in [2.45, 2.75) is 129 Å². The average molecular weight is 589 g/mol. The lowest BCUT2D eigenvalue weighted by Crippen LogP contribution is -2.89. The van der Waals surface area contributed by atoms with Gasteiger partial charge >= 0.3 is 5.96 Å². The molecule has 0 spiro atoms. The van der Waals surface area contributed by atoms with Crippen LogP contribution in [0.15, 0.2) is 4.99 Å². The number of quaternary nitrogens is 1. The van der Waals surface area contributed by atoms with Gasteiger partial charge in [-0.1, -0.05) is 102 Å². The summed E-state index contributed by atoms with van der Waals surface area (Å²) in [5.41, 5.74) is 20.0. The average Bonchev–Trinajstić information content (AvgIpc) is 2.95. The summed E-state index contributed by atoms with van der Waals surface area (Å²) >= 11 is 0. The Labute approximate surface area is 257 Å². The van der Waals surface area contributed by atoms with Crippen LogP contribution in [0.2, 0.25) is 0 Å². The molecule has 0 aliphatic rings. The van der Waals surface area contributed by atoms with Crippen LogP contribution in [-0.4, -0.2) is 62.0 Å². The van der Waals surface area contributed by atoms with E-state index in [1.54, 1.807) is 0 Å². The third-order valence-corrected chi connectivity index (χ3v) is 7.09. The molecule has 0 aromatic carbocycles. The maximum atomic E-state index is 12.2. The molecule has 0 saturated heterocycles. The standard InChI is InChI=1S/C33H62N8O/c1-2-3-4-5-6-7-8-9-10-11-12-13-14-15-16-17-18-19-20-21-22-23-24-31(42)38-25-28-41(29-26-39-32(34)35)30-27-40-33(36)37/h2-12,17-30H2,1H3,(H,38,42)(H4,34,35,39)(H4,36,37,40)/p+2. The zero-order chi connectivity index (χ0) is 30.9. The summed E-state index contributed by atoms with van der Waals surface area (Å²) in [6.07, 6.45) is 22.8. The largest absolute Gasteiger partial charge is 0.434 e. The van der Waals surface area contributed by atoms with E-state index in [1.165, 1.54) is 77.0 Å². The van der Waals surface area contributed by atoms with Gasteiger partial charge in [0.2, 0.25) is 5.91 Å². The van der Waals surface area contributed by atoms with Crippen molar-refractivity contribution in [3.63, 3.8) is 0 Å². The molecule has 9 nitrogen and oxygen atoms in total. The summed E-state index contributed by atoms with van der Waals surface area (Å²) in [6.45, 7) is 6.22. The summed E-state index contributed by atoms with van der Waals surface area (Å²) in [7, 11) is 0. The Balaban J connectivity index is 3.67. The van der Waals surface area contributed by atoms with Crippen LogP contribution in [0.5, 0.6) is 0 Å². The van der Waals surface area contributed by atoms with Gasteiger partial charge in [-0.15, -0.1) is 0 Å². The van der Waals surface area contributed by atoms with E-state index in [0.29, 0.717) is 38.6 Å². The van der Waals surface area contributed by atoms with Gasteiger partial charge in [0.15, 0.2) is 5.96 Å². The summed E-state index contributed by atoms with van der Waals surface area (Å²) in [5, 5.41) is 3.02. The lowest BCUT2D eigenvalue weighted by Gasteiger charge is -2.20. The van der Waals surface area contributed by atoms with Crippen molar-refractivity contribution < 1.29 is 15.5 Å². The van der Waals surface area contributed by atoms with Gasteiger partial charge in [0.05, 0.1) is 6.54 Å². The van der Waals surface area contributed by atoms with Crippen molar-refractivity contribution in [3.8, 4) is 23.7 Å². The van der Waals surface area contributed by atoms with Crippen LogP contribution in [0.3, 0.4) is 0 Å². The van der Waals surface area contributed by atoms with E-state index < -0.39 is 0 Å². The predicted molar refractivity (Wildman–Crippen MR) is 177 cm³/mol. The van der Waals surface area contributed by atoms with E-state index in [1.807, 2.05) is 0 Å². The Bertz CT molecular complexity index is 804. The van der Waals surface area contributed by atoms with E-state index in [0.717, 1.165) is 51.6 Å². The highest BCUT2D eigenvalue weighted by Gasteiger charge is 2.07. The van der Waals surface area contributed by atoms with E-state index in [9.17, 15) is 4.79 Å². The Kier molecular flexibility index (Phi) is 29.1. The maximum absolute atomic E-state index is 12.2. The Hall–Kier alpha value is -2.75. The number of carbonyl (C=O) groups is 1. The Morgan fingerprint density at radius 2 is 1.29 bits per heavy atom. The quantitative estimate of drug-likeness (QED) is 0.0372. The lowest BCUT2D eigenvalue weighted by molar-refractivity contribution is -0.504. The molecule has 0 saturated carbocycles. The number of unbranched alkanes of at least 4 members (excludes halogenated alkanes) is 16. The number of nitrogens with zero attached hydrogens (tertiary/aromatic N) is 2. The second-order valence-electron chi connectivity index (χ2n) is 11.1. The number of guanidine groups is 2. The first kappa shape index (κ1) is 39.2. The summed E-state index contributed by atoms with van der Waals surface area (Å²) in [5.74, 6) is 13.1. The van der Waals surface area contributed by atoms with Crippen molar-refractivity contribution in [1.82, 2.24) is 10.2 Å². The van der Waals surface area contributed by atoms with Gasteiger partial charge in [-0.2, -0.15) is 0 Å². The molecule has 0 unspecified atom stereocenters. The van der Waals surface area contributed by atoms with Gasteiger partial charge in [0.25, 0.3) is 0 Å². The van der Waals surface area contributed by atoms with Crippen LogP contribution < -0.4 is 33.2 Å². The molecule has 0 fully saturated rings. The SMILES string of the molecule is CCCCCCCCCCCCC#CC#CCCCCCCCCC(=O)NCCN(CCN=C(N)N)CC[NH+]=C(N)[NH3+]. The number of amides is 1. The van der Waals surface area contributed by atoms with Crippen LogP contribution in [0, 0.1) is 23.7 Å². The van der Waals surface area contributed by atoms with Crippen LogP contribution >= 0.6 is 0 Å². The summed E-state index contributed by atoms with van der Waals surface area (Å²) in [6, 6.07) is 0. The molecule has 0 heterocycles. The van der Waals surface area contributed by atoms with Gasteiger partial charge in [-0.25, -0.2) is 10.7 Å². The van der Waals surface area contributed by atoms with Crippen molar-refractivity contribution in [1.29, 1.82) is 0 Å². The number of nitrogens with two attached hydrogens (primary N) is 3. The first-order chi connectivity index (χ1) is 20.5. The second kappa shape index (κ2) is 31.2. The number of aliphatic imine (C=N–C) groups is 1. The highest BCUT2D eigenvalue weighted by Crippen LogP contribution is 2.11. The summed E-state index contributed by atoms with van der Waals surface area (Å²) in [4.78, 5) is 21.4. The van der Waals surface area contributed by atoms with Crippen LogP contribution in [0.4, 0.5) is 0 Å². The molecule has 0 bridgehead atoms. The Morgan fingerprint density at radius 1 is 0.762 bits per heavy atom. The molecule has 0 aromatic heterocycles.